The van der Waals surface area contributed by atoms with Gasteiger partial charge in [0.15, 0.2) is 5.11 Å². The molecule has 0 atom stereocenters. The van der Waals surface area contributed by atoms with Gasteiger partial charge in [-0.3, -0.25) is 0 Å². The number of ether oxygens (including phenoxy) is 1. The lowest BCUT2D eigenvalue weighted by Crippen LogP contribution is -2.36. The molecule has 1 N–H and O–H groups in total. The van der Waals surface area contributed by atoms with E-state index in [1.54, 1.807) is 11.3 Å². The molecule has 128 valence electrons. The molecule has 0 saturated heterocycles. The Morgan fingerprint density at radius 3 is 2.52 bits per heavy atom. The normalized spacial score (nSPS) is 13.3. The Kier molecular flexibility index (Phi) is 6.84. The molecule has 2 rings (SSSR count). The molecule has 0 unspecified atom stereocenters. The topological polar surface area (TPSA) is 41.6 Å². The number of aryl methyl sites for hydroxylation is 1. The molecule has 0 aromatic carbocycles. The average molecular weight is 355 g/mol. The van der Waals surface area contributed by atoms with E-state index >= 15 is 0 Å². The van der Waals surface area contributed by atoms with Crippen molar-refractivity contribution in [3.8, 4) is 0 Å². The lowest BCUT2D eigenvalue weighted by molar-refractivity contribution is 0.0601. The zero-order valence-corrected chi connectivity index (χ0v) is 15.9. The number of carbonyl (C=O) groups is 1. The van der Waals surface area contributed by atoms with Crippen molar-refractivity contribution >= 4 is 39.6 Å². The Balaban J connectivity index is 2.26. The molecule has 0 bridgehead atoms. The predicted octanol–water partition coefficient (Wildman–Crippen LogP) is 4.23. The monoisotopic (exact) mass is 354 g/mol. The van der Waals surface area contributed by atoms with Gasteiger partial charge in [0.05, 0.1) is 12.7 Å². The van der Waals surface area contributed by atoms with Gasteiger partial charge in [-0.05, 0) is 56.3 Å². The number of anilines is 1. The summed E-state index contributed by atoms with van der Waals surface area (Å²) >= 11 is 7.24. The van der Waals surface area contributed by atoms with E-state index in [1.165, 1.54) is 18.4 Å². The Morgan fingerprint density at radius 2 is 1.91 bits per heavy atom. The van der Waals surface area contributed by atoms with Gasteiger partial charge in [0.2, 0.25) is 0 Å². The van der Waals surface area contributed by atoms with Gasteiger partial charge in [0, 0.05) is 18.0 Å². The Labute approximate surface area is 148 Å². The van der Waals surface area contributed by atoms with Crippen LogP contribution in [0.1, 0.15) is 60.3 Å². The number of hydrogen-bond donors (Lipinski definition) is 1. The van der Waals surface area contributed by atoms with Crippen LogP contribution in [-0.2, 0) is 17.6 Å². The quantitative estimate of drug-likeness (QED) is 0.611. The van der Waals surface area contributed by atoms with Crippen molar-refractivity contribution in [2.45, 2.75) is 52.4 Å². The standard InChI is InChI=1S/C17H26N2O2S2/c1-4-10-19(11-5-2)17(22)18-15-14(16(20)21-3)12-8-6-7-9-13(12)23-15/h4-11H2,1-3H3,(H,18,22). The first kappa shape index (κ1) is 18.2. The smallest absolute Gasteiger partial charge is 0.341 e. The molecule has 0 radical (unpaired) electrons. The minimum atomic E-state index is -0.257. The number of methoxy groups -OCH3 is 1. The van der Waals surface area contributed by atoms with Crippen LogP contribution in [-0.4, -0.2) is 36.2 Å². The van der Waals surface area contributed by atoms with Crippen molar-refractivity contribution in [3.63, 3.8) is 0 Å². The van der Waals surface area contributed by atoms with Crippen molar-refractivity contribution in [2.75, 3.05) is 25.5 Å². The van der Waals surface area contributed by atoms with Crippen LogP contribution < -0.4 is 5.32 Å². The Hall–Kier alpha value is -1.14. The molecule has 23 heavy (non-hydrogen) atoms. The van der Waals surface area contributed by atoms with E-state index in [2.05, 4.69) is 24.1 Å². The third-order valence-corrected chi connectivity index (χ3v) is 5.62. The highest BCUT2D eigenvalue weighted by Crippen LogP contribution is 2.38. The predicted molar refractivity (Wildman–Crippen MR) is 101 cm³/mol. The number of carbonyl (C=O) groups excluding carboxylic acids is 1. The molecule has 4 nitrogen and oxygen atoms in total. The second-order valence-corrected chi connectivity index (χ2v) is 7.32. The van der Waals surface area contributed by atoms with Crippen LogP contribution in [0.2, 0.25) is 0 Å². The Morgan fingerprint density at radius 1 is 1.26 bits per heavy atom. The summed E-state index contributed by atoms with van der Waals surface area (Å²) in [5.41, 5.74) is 1.86. The van der Waals surface area contributed by atoms with Crippen molar-refractivity contribution in [2.24, 2.45) is 0 Å². The SMILES string of the molecule is CCCN(CCC)C(=S)Nc1sc2c(c1C(=O)OC)CCCC2. The maximum absolute atomic E-state index is 12.3. The van der Waals surface area contributed by atoms with Crippen LogP contribution in [0.4, 0.5) is 5.00 Å². The first-order chi connectivity index (χ1) is 11.1. The molecule has 0 saturated carbocycles. The summed E-state index contributed by atoms with van der Waals surface area (Å²) < 4.78 is 5.01. The van der Waals surface area contributed by atoms with Crippen LogP contribution in [0.25, 0.3) is 0 Å². The highest BCUT2D eigenvalue weighted by atomic mass is 32.1. The van der Waals surface area contributed by atoms with Crippen LogP contribution in [0.3, 0.4) is 0 Å². The van der Waals surface area contributed by atoms with E-state index in [1.807, 2.05) is 0 Å². The first-order valence-electron chi connectivity index (χ1n) is 8.41. The summed E-state index contributed by atoms with van der Waals surface area (Å²) in [6, 6.07) is 0. The number of hydrogen-bond acceptors (Lipinski definition) is 4. The summed E-state index contributed by atoms with van der Waals surface area (Å²) in [5, 5.41) is 4.89. The number of nitrogens with zero attached hydrogens (tertiary/aromatic N) is 1. The second kappa shape index (κ2) is 8.64. The van der Waals surface area contributed by atoms with Gasteiger partial charge in [-0.2, -0.15) is 0 Å². The van der Waals surface area contributed by atoms with Crippen LogP contribution in [0, 0.1) is 0 Å². The van der Waals surface area contributed by atoms with Crippen molar-refractivity contribution in [3.05, 3.63) is 16.0 Å². The maximum Gasteiger partial charge on any atom is 0.341 e. The number of esters is 1. The first-order valence-corrected chi connectivity index (χ1v) is 9.63. The number of thiocarbonyl (C=S) groups is 1. The van der Waals surface area contributed by atoms with Crippen LogP contribution in [0.15, 0.2) is 0 Å². The summed E-state index contributed by atoms with van der Waals surface area (Å²) in [6.45, 7) is 6.15. The third kappa shape index (κ3) is 4.23. The molecular weight excluding hydrogens is 328 g/mol. The van der Waals surface area contributed by atoms with Crippen molar-refractivity contribution < 1.29 is 9.53 Å². The van der Waals surface area contributed by atoms with Gasteiger partial charge in [-0.1, -0.05) is 13.8 Å². The molecule has 1 aliphatic rings. The van der Waals surface area contributed by atoms with E-state index in [0.29, 0.717) is 10.7 Å². The average Bonchev–Trinajstić information content (AvgIpc) is 2.91. The highest BCUT2D eigenvalue weighted by molar-refractivity contribution is 7.80. The Bertz CT molecular complexity index is 563. The molecule has 1 heterocycles. The van der Waals surface area contributed by atoms with E-state index < -0.39 is 0 Å². The van der Waals surface area contributed by atoms with Gasteiger partial charge in [-0.15, -0.1) is 11.3 Å². The highest BCUT2D eigenvalue weighted by Gasteiger charge is 2.26. The zero-order chi connectivity index (χ0) is 16.8. The van der Waals surface area contributed by atoms with Gasteiger partial charge >= 0.3 is 5.97 Å². The maximum atomic E-state index is 12.3. The van der Waals surface area contributed by atoms with Crippen LogP contribution in [0.5, 0.6) is 0 Å². The van der Waals surface area contributed by atoms with Crippen LogP contribution >= 0.6 is 23.6 Å². The number of fused-ring (bicyclic) bond motifs is 1. The fraction of sp³-hybridized carbons (Fsp3) is 0.647. The summed E-state index contributed by atoms with van der Waals surface area (Å²) in [5.74, 6) is -0.257. The van der Waals surface area contributed by atoms with E-state index in [9.17, 15) is 4.79 Å². The molecule has 1 aromatic heterocycles. The molecule has 6 heteroatoms. The minimum Gasteiger partial charge on any atom is -0.465 e. The summed E-state index contributed by atoms with van der Waals surface area (Å²) in [4.78, 5) is 15.7. The lowest BCUT2D eigenvalue weighted by atomic mass is 9.95. The largest absolute Gasteiger partial charge is 0.465 e. The summed E-state index contributed by atoms with van der Waals surface area (Å²) in [7, 11) is 1.44. The molecule has 0 fully saturated rings. The molecule has 1 aliphatic carbocycles. The van der Waals surface area contributed by atoms with Crippen molar-refractivity contribution in [1.82, 2.24) is 4.90 Å². The summed E-state index contributed by atoms with van der Waals surface area (Å²) in [6.07, 6.45) is 6.43. The van der Waals surface area contributed by atoms with Gasteiger partial charge < -0.3 is 15.0 Å². The molecular formula is C17H26N2O2S2. The minimum absolute atomic E-state index is 0.257. The van der Waals surface area contributed by atoms with Crippen molar-refractivity contribution in [1.29, 1.82) is 0 Å². The fourth-order valence-electron chi connectivity index (χ4n) is 3.00. The van der Waals surface area contributed by atoms with E-state index in [-0.39, 0.29) is 5.97 Å². The molecule has 0 aliphatic heterocycles. The van der Waals surface area contributed by atoms with Gasteiger partial charge in [0.1, 0.15) is 5.00 Å². The molecule has 0 amide bonds. The number of nitrogens with one attached hydrogen (secondary N) is 1. The zero-order valence-electron chi connectivity index (χ0n) is 14.2. The van der Waals surface area contributed by atoms with Gasteiger partial charge in [0.25, 0.3) is 0 Å². The van der Waals surface area contributed by atoms with Gasteiger partial charge in [-0.25, -0.2) is 4.79 Å². The molecule has 1 aromatic rings. The number of thiophene rings is 1. The lowest BCUT2D eigenvalue weighted by Gasteiger charge is -2.24. The van der Waals surface area contributed by atoms with E-state index in [0.717, 1.165) is 55.8 Å². The second-order valence-electron chi connectivity index (χ2n) is 5.82. The molecule has 0 spiro atoms. The number of rotatable bonds is 6. The van der Waals surface area contributed by atoms with E-state index in [4.69, 9.17) is 17.0 Å². The fourth-order valence-corrected chi connectivity index (χ4v) is 4.63. The third-order valence-electron chi connectivity index (χ3n) is 4.06.